The standard InChI is InChI=1S/C6H8N4O4/c1-2(6(12)13)8-5(11)3-4(7)10-14-9-3/h2H,1H3,(H2,7,10)(H,8,11)(H,12,13)/t2-/m1/s1. The number of amides is 1. The van der Waals surface area contributed by atoms with Gasteiger partial charge in [0.15, 0.2) is 0 Å². The molecule has 0 saturated carbocycles. The molecule has 0 radical (unpaired) electrons. The first-order valence-corrected chi connectivity index (χ1v) is 3.64. The number of aliphatic carboxylic acids is 1. The third kappa shape index (κ3) is 1.97. The van der Waals surface area contributed by atoms with Gasteiger partial charge in [0.25, 0.3) is 5.91 Å². The van der Waals surface area contributed by atoms with Gasteiger partial charge < -0.3 is 16.2 Å². The highest BCUT2D eigenvalue weighted by molar-refractivity contribution is 5.97. The number of rotatable bonds is 3. The van der Waals surface area contributed by atoms with Crippen LogP contribution in [-0.4, -0.2) is 33.3 Å². The van der Waals surface area contributed by atoms with Crippen molar-refractivity contribution in [1.82, 2.24) is 15.6 Å². The molecule has 14 heavy (non-hydrogen) atoms. The Bertz CT molecular complexity index is 360. The Morgan fingerprint density at radius 3 is 2.64 bits per heavy atom. The number of carboxylic acids is 1. The minimum absolute atomic E-state index is 0.180. The second-order valence-corrected chi connectivity index (χ2v) is 2.53. The number of nitrogen functional groups attached to an aromatic ring is 1. The molecule has 0 saturated heterocycles. The highest BCUT2D eigenvalue weighted by Gasteiger charge is 2.20. The number of carboxylic acid groups (broad SMARTS) is 1. The van der Waals surface area contributed by atoms with E-state index in [4.69, 9.17) is 10.8 Å². The smallest absolute Gasteiger partial charge is 0.325 e. The van der Waals surface area contributed by atoms with E-state index in [0.29, 0.717) is 0 Å². The number of carbonyl (C=O) groups excluding carboxylic acids is 1. The van der Waals surface area contributed by atoms with E-state index in [1.54, 1.807) is 0 Å². The van der Waals surface area contributed by atoms with Crippen molar-refractivity contribution in [3.63, 3.8) is 0 Å². The summed E-state index contributed by atoms with van der Waals surface area (Å²) in [5.41, 5.74) is 4.99. The lowest BCUT2D eigenvalue weighted by atomic mass is 10.3. The fourth-order valence-electron chi connectivity index (χ4n) is 0.680. The number of nitrogens with zero attached hydrogens (tertiary/aromatic N) is 2. The molecule has 4 N–H and O–H groups in total. The Kier molecular flexibility index (Phi) is 2.65. The van der Waals surface area contributed by atoms with Crippen molar-refractivity contribution in [2.75, 3.05) is 5.73 Å². The molecule has 0 spiro atoms. The van der Waals surface area contributed by atoms with Crippen LogP contribution in [0, 0.1) is 0 Å². The minimum atomic E-state index is -1.16. The molecule has 0 aliphatic rings. The third-order valence-corrected chi connectivity index (χ3v) is 1.45. The largest absolute Gasteiger partial charge is 0.480 e. The zero-order valence-corrected chi connectivity index (χ0v) is 7.22. The minimum Gasteiger partial charge on any atom is -0.480 e. The van der Waals surface area contributed by atoms with Gasteiger partial charge in [-0.3, -0.25) is 9.59 Å². The number of nitrogens with two attached hydrogens (primary N) is 1. The van der Waals surface area contributed by atoms with E-state index in [1.807, 2.05) is 0 Å². The summed E-state index contributed by atoms with van der Waals surface area (Å²) in [6, 6.07) is -1.03. The maximum atomic E-state index is 11.2. The summed E-state index contributed by atoms with van der Waals surface area (Å²) >= 11 is 0. The summed E-state index contributed by atoms with van der Waals surface area (Å²) in [7, 11) is 0. The summed E-state index contributed by atoms with van der Waals surface area (Å²) in [4.78, 5) is 21.6. The molecule has 1 aromatic rings. The van der Waals surface area contributed by atoms with Gasteiger partial charge >= 0.3 is 5.97 Å². The summed E-state index contributed by atoms with van der Waals surface area (Å²) < 4.78 is 4.18. The van der Waals surface area contributed by atoms with Crippen LogP contribution in [0.3, 0.4) is 0 Å². The van der Waals surface area contributed by atoms with E-state index in [-0.39, 0.29) is 11.5 Å². The Hall–Kier alpha value is -2.12. The molecule has 8 heteroatoms. The number of hydrogen-bond acceptors (Lipinski definition) is 6. The quantitative estimate of drug-likeness (QED) is 0.561. The van der Waals surface area contributed by atoms with Crippen molar-refractivity contribution in [2.24, 2.45) is 0 Å². The van der Waals surface area contributed by atoms with Crippen LogP contribution in [0.15, 0.2) is 4.63 Å². The lowest BCUT2D eigenvalue weighted by molar-refractivity contribution is -0.138. The molecule has 1 heterocycles. The fourth-order valence-corrected chi connectivity index (χ4v) is 0.680. The topological polar surface area (TPSA) is 131 Å². The SMILES string of the molecule is C[C@@H](NC(=O)c1nonc1N)C(=O)O. The molecule has 0 fully saturated rings. The van der Waals surface area contributed by atoms with Crippen molar-refractivity contribution in [1.29, 1.82) is 0 Å². The maximum Gasteiger partial charge on any atom is 0.325 e. The van der Waals surface area contributed by atoms with E-state index < -0.39 is 17.9 Å². The second kappa shape index (κ2) is 3.73. The average Bonchev–Trinajstić information content (AvgIpc) is 2.51. The molecular formula is C6H8N4O4. The van der Waals surface area contributed by atoms with Crippen LogP contribution in [0.4, 0.5) is 5.82 Å². The van der Waals surface area contributed by atoms with Crippen LogP contribution < -0.4 is 11.1 Å². The summed E-state index contributed by atoms with van der Waals surface area (Å²) in [5.74, 6) is -2.08. The highest BCUT2D eigenvalue weighted by atomic mass is 16.6. The zero-order valence-electron chi connectivity index (χ0n) is 7.22. The number of carbonyl (C=O) groups is 2. The van der Waals surface area contributed by atoms with E-state index in [1.165, 1.54) is 6.92 Å². The van der Waals surface area contributed by atoms with Crippen LogP contribution >= 0.6 is 0 Å². The van der Waals surface area contributed by atoms with Gasteiger partial charge in [-0.1, -0.05) is 0 Å². The molecule has 1 aromatic heterocycles. The first kappa shape index (κ1) is 9.96. The van der Waals surface area contributed by atoms with Crippen molar-refractivity contribution >= 4 is 17.7 Å². The molecule has 0 aromatic carbocycles. The summed E-state index contributed by atoms with van der Waals surface area (Å²) in [6.07, 6.45) is 0. The van der Waals surface area contributed by atoms with Crippen molar-refractivity contribution in [3.05, 3.63) is 5.69 Å². The predicted octanol–water partition coefficient (Wildman–Crippen LogP) is -1.15. The predicted molar refractivity (Wildman–Crippen MR) is 43.3 cm³/mol. The monoisotopic (exact) mass is 200 g/mol. The average molecular weight is 200 g/mol. The summed E-state index contributed by atoms with van der Waals surface area (Å²) in [6.45, 7) is 1.31. The van der Waals surface area contributed by atoms with Crippen molar-refractivity contribution in [2.45, 2.75) is 13.0 Å². The van der Waals surface area contributed by atoms with E-state index in [0.717, 1.165) is 0 Å². The van der Waals surface area contributed by atoms with Crippen molar-refractivity contribution in [3.8, 4) is 0 Å². The molecule has 1 rings (SSSR count). The van der Waals surface area contributed by atoms with Gasteiger partial charge in [-0.25, -0.2) is 4.63 Å². The van der Waals surface area contributed by atoms with Gasteiger partial charge in [0, 0.05) is 0 Å². The van der Waals surface area contributed by atoms with Crippen LogP contribution in [0.2, 0.25) is 0 Å². The van der Waals surface area contributed by atoms with Crippen molar-refractivity contribution < 1.29 is 19.3 Å². The van der Waals surface area contributed by atoms with Gasteiger partial charge in [-0.15, -0.1) is 0 Å². The molecule has 76 valence electrons. The Labute approximate surface area is 78.0 Å². The molecule has 0 bridgehead atoms. The van der Waals surface area contributed by atoms with Crippen LogP contribution in [-0.2, 0) is 4.79 Å². The van der Waals surface area contributed by atoms with Crippen LogP contribution in [0.25, 0.3) is 0 Å². The zero-order chi connectivity index (χ0) is 10.7. The Morgan fingerprint density at radius 2 is 2.21 bits per heavy atom. The first-order valence-electron chi connectivity index (χ1n) is 3.64. The van der Waals surface area contributed by atoms with Crippen LogP contribution in [0.5, 0.6) is 0 Å². The van der Waals surface area contributed by atoms with E-state index in [2.05, 4.69) is 20.3 Å². The lowest BCUT2D eigenvalue weighted by Crippen LogP contribution is -2.38. The number of hydrogen-bond donors (Lipinski definition) is 3. The molecule has 0 aliphatic carbocycles. The van der Waals surface area contributed by atoms with Gasteiger partial charge in [0.2, 0.25) is 11.5 Å². The molecule has 0 aliphatic heterocycles. The fraction of sp³-hybridized carbons (Fsp3) is 0.333. The summed E-state index contributed by atoms with van der Waals surface area (Å²) in [5, 5.41) is 17.0. The Morgan fingerprint density at radius 1 is 1.57 bits per heavy atom. The number of aromatic nitrogens is 2. The molecule has 1 atom stereocenters. The Balaban J connectivity index is 2.69. The van der Waals surface area contributed by atoms with E-state index >= 15 is 0 Å². The second-order valence-electron chi connectivity index (χ2n) is 2.53. The van der Waals surface area contributed by atoms with E-state index in [9.17, 15) is 9.59 Å². The first-order chi connectivity index (χ1) is 6.52. The molecule has 1 amide bonds. The lowest BCUT2D eigenvalue weighted by Gasteiger charge is -2.06. The third-order valence-electron chi connectivity index (χ3n) is 1.45. The number of anilines is 1. The van der Waals surface area contributed by atoms with Gasteiger partial charge in [0.05, 0.1) is 0 Å². The highest BCUT2D eigenvalue weighted by Crippen LogP contribution is 2.03. The molecule has 8 nitrogen and oxygen atoms in total. The molecule has 0 unspecified atom stereocenters. The molecular weight excluding hydrogens is 192 g/mol. The van der Waals surface area contributed by atoms with Crippen LogP contribution in [0.1, 0.15) is 17.4 Å². The van der Waals surface area contributed by atoms with Gasteiger partial charge in [-0.05, 0) is 17.2 Å². The normalized spacial score (nSPS) is 12.1. The van der Waals surface area contributed by atoms with Gasteiger partial charge in [-0.2, -0.15) is 0 Å². The van der Waals surface area contributed by atoms with Gasteiger partial charge in [0.1, 0.15) is 6.04 Å². The maximum absolute atomic E-state index is 11.2. The number of nitrogens with one attached hydrogen (secondary N) is 1.